The second kappa shape index (κ2) is 8.43. The van der Waals surface area contributed by atoms with E-state index in [1.165, 1.54) is 23.2 Å². The number of carbonyl (C=O) groups excluding carboxylic acids is 1. The molecule has 3 aromatic rings. The molecule has 0 spiro atoms. The molecule has 150 valence electrons. The highest BCUT2D eigenvalue weighted by Crippen LogP contribution is 2.25. The molecule has 0 saturated carbocycles. The van der Waals surface area contributed by atoms with E-state index in [2.05, 4.69) is 27.3 Å². The van der Waals surface area contributed by atoms with Crippen molar-refractivity contribution in [3.05, 3.63) is 64.4 Å². The molecule has 4 rings (SSSR count). The van der Waals surface area contributed by atoms with Crippen molar-refractivity contribution in [3.8, 4) is 0 Å². The van der Waals surface area contributed by atoms with Crippen molar-refractivity contribution < 1.29 is 4.79 Å². The minimum atomic E-state index is -0.217. The topological polar surface area (TPSA) is 71.3 Å². The van der Waals surface area contributed by atoms with Crippen molar-refractivity contribution in [1.29, 1.82) is 0 Å². The van der Waals surface area contributed by atoms with Crippen LogP contribution >= 0.6 is 0 Å². The van der Waals surface area contributed by atoms with E-state index >= 15 is 0 Å². The van der Waals surface area contributed by atoms with E-state index in [1.54, 1.807) is 30.1 Å². The summed E-state index contributed by atoms with van der Waals surface area (Å²) >= 11 is 0. The van der Waals surface area contributed by atoms with Crippen LogP contribution in [0.15, 0.2) is 53.3 Å². The van der Waals surface area contributed by atoms with E-state index in [4.69, 9.17) is 0 Å². The number of rotatable bonds is 6. The molecule has 0 bridgehead atoms. The van der Waals surface area contributed by atoms with Crippen LogP contribution in [0.4, 0.5) is 5.69 Å². The molecule has 29 heavy (non-hydrogen) atoms. The summed E-state index contributed by atoms with van der Waals surface area (Å²) < 4.78 is 1.27. The first-order chi connectivity index (χ1) is 14.1. The zero-order valence-corrected chi connectivity index (χ0v) is 16.6. The Morgan fingerprint density at radius 1 is 1.07 bits per heavy atom. The fraction of sp³-hybridized carbons (Fsp3) is 0.364. The van der Waals surface area contributed by atoms with Gasteiger partial charge in [0.05, 0.1) is 11.9 Å². The monoisotopic (exact) mass is 391 g/mol. The van der Waals surface area contributed by atoms with Crippen molar-refractivity contribution in [2.45, 2.75) is 32.4 Å². The van der Waals surface area contributed by atoms with Gasteiger partial charge in [0.25, 0.3) is 5.56 Å². The van der Waals surface area contributed by atoms with E-state index in [1.807, 2.05) is 18.2 Å². The van der Waals surface area contributed by atoms with Gasteiger partial charge in [0.2, 0.25) is 5.91 Å². The molecule has 1 saturated heterocycles. The van der Waals surface area contributed by atoms with Gasteiger partial charge in [-0.25, -0.2) is 4.68 Å². The molecule has 0 aliphatic carbocycles. The summed E-state index contributed by atoms with van der Waals surface area (Å²) in [6.07, 6.45) is 2.63. The average molecular weight is 391 g/mol. The van der Waals surface area contributed by atoms with E-state index in [-0.39, 0.29) is 24.4 Å². The van der Waals surface area contributed by atoms with E-state index in [0.29, 0.717) is 17.4 Å². The van der Waals surface area contributed by atoms with Crippen LogP contribution in [-0.2, 0) is 17.9 Å². The van der Waals surface area contributed by atoms with E-state index < -0.39 is 0 Å². The van der Waals surface area contributed by atoms with Crippen LogP contribution in [0.2, 0.25) is 0 Å². The van der Waals surface area contributed by atoms with E-state index in [9.17, 15) is 9.59 Å². The summed E-state index contributed by atoms with van der Waals surface area (Å²) in [6.45, 7) is 2.90. The molecule has 7 heteroatoms. The number of hydrogen-bond acceptors (Lipinski definition) is 5. The molecular formula is C22H25N5O2. The van der Waals surface area contributed by atoms with Crippen molar-refractivity contribution in [2.24, 2.45) is 0 Å². The summed E-state index contributed by atoms with van der Waals surface area (Å²) in [4.78, 5) is 29.3. The molecule has 1 aliphatic heterocycles. The Morgan fingerprint density at radius 3 is 2.62 bits per heavy atom. The molecule has 1 aromatic heterocycles. The lowest BCUT2D eigenvalue weighted by Crippen LogP contribution is -2.31. The third kappa shape index (κ3) is 4.13. The van der Waals surface area contributed by atoms with Crippen molar-refractivity contribution >= 4 is 22.5 Å². The highest BCUT2D eigenvalue weighted by Gasteiger charge is 2.18. The molecule has 0 radical (unpaired) electrons. The second-order valence-electron chi connectivity index (χ2n) is 7.46. The fourth-order valence-corrected chi connectivity index (χ4v) is 3.82. The Morgan fingerprint density at radius 2 is 1.79 bits per heavy atom. The second-order valence-corrected chi connectivity index (χ2v) is 7.46. The molecule has 0 N–H and O–H groups in total. The SMILES string of the molecule is CN(Cc1ccccc1N1CCCC1)C(=O)CCn1nnc2ccccc2c1=O. The summed E-state index contributed by atoms with van der Waals surface area (Å²) in [6, 6.07) is 15.4. The number of carbonyl (C=O) groups is 1. The number of hydrogen-bond donors (Lipinski definition) is 0. The molecule has 1 amide bonds. The first kappa shape index (κ1) is 19.1. The number of aryl methyl sites for hydroxylation is 1. The quantitative estimate of drug-likeness (QED) is 0.645. The number of amides is 1. The Hall–Kier alpha value is -3.22. The number of para-hydroxylation sites is 1. The standard InChI is InChI=1S/C22H25N5O2/c1-25(16-17-8-2-5-11-20(17)26-13-6-7-14-26)21(28)12-15-27-22(29)18-9-3-4-10-19(18)23-24-27/h2-5,8-11H,6-7,12-16H2,1H3. The van der Waals surface area contributed by atoms with Crippen molar-refractivity contribution in [3.63, 3.8) is 0 Å². The van der Waals surface area contributed by atoms with Gasteiger partial charge in [-0.2, -0.15) is 0 Å². The average Bonchev–Trinajstić information content (AvgIpc) is 3.28. The van der Waals surface area contributed by atoms with Crippen molar-refractivity contribution in [2.75, 3.05) is 25.0 Å². The largest absolute Gasteiger partial charge is 0.371 e. The minimum absolute atomic E-state index is 0.0249. The lowest BCUT2D eigenvalue weighted by Gasteiger charge is -2.24. The molecule has 0 unspecified atom stereocenters. The van der Waals surface area contributed by atoms with Crippen LogP contribution < -0.4 is 10.5 Å². The molecule has 7 nitrogen and oxygen atoms in total. The van der Waals surface area contributed by atoms with Crippen LogP contribution in [0, 0.1) is 0 Å². The van der Waals surface area contributed by atoms with Gasteiger partial charge in [0.15, 0.2) is 0 Å². The van der Waals surface area contributed by atoms with Crippen LogP contribution in [-0.4, -0.2) is 45.9 Å². The van der Waals surface area contributed by atoms with Gasteiger partial charge in [-0.05, 0) is 36.6 Å². The van der Waals surface area contributed by atoms with Gasteiger partial charge in [0.1, 0.15) is 5.52 Å². The van der Waals surface area contributed by atoms with Gasteiger partial charge in [0, 0.05) is 38.8 Å². The Balaban J connectivity index is 1.42. The number of nitrogens with zero attached hydrogens (tertiary/aromatic N) is 5. The maximum Gasteiger partial charge on any atom is 0.277 e. The highest BCUT2D eigenvalue weighted by molar-refractivity contribution is 5.77. The van der Waals surface area contributed by atoms with Crippen LogP contribution in [0.1, 0.15) is 24.8 Å². The smallest absolute Gasteiger partial charge is 0.277 e. The summed E-state index contributed by atoms with van der Waals surface area (Å²) in [5, 5.41) is 8.55. The van der Waals surface area contributed by atoms with Gasteiger partial charge in [-0.15, -0.1) is 5.10 Å². The van der Waals surface area contributed by atoms with Gasteiger partial charge >= 0.3 is 0 Å². The predicted octanol–water partition coefficient (Wildman–Crippen LogP) is 2.44. The maximum absolute atomic E-state index is 12.7. The minimum Gasteiger partial charge on any atom is -0.371 e. The Kier molecular flexibility index (Phi) is 5.55. The highest BCUT2D eigenvalue weighted by atomic mass is 16.2. The van der Waals surface area contributed by atoms with Gasteiger partial charge in [-0.3, -0.25) is 9.59 Å². The molecule has 1 aliphatic rings. The predicted molar refractivity (Wildman–Crippen MR) is 113 cm³/mol. The fourth-order valence-electron chi connectivity index (χ4n) is 3.82. The van der Waals surface area contributed by atoms with E-state index in [0.717, 1.165) is 18.7 Å². The van der Waals surface area contributed by atoms with Crippen LogP contribution in [0.5, 0.6) is 0 Å². The normalized spacial score (nSPS) is 13.8. The van der Waals surface area contributed by atoms with Gasteiger partial charge in [-0.1, -0.05) is 35.5 Å². The number of benzene rings is 2. The number of aromatic nitrogens is 3. The first-order valence-electron chi connectivity index (χ1n) is 10.0. The third-order valence-corrected chi connectivity index (χ3v) is 5.44. The maximum atomic E-state index is 12.7. The zero-order chi connectivity index (χ0) is 20.2. The van der Waals surface area contributed by atoms with Gasteiger partial charge < -0.3 is 9.80 Å². The molecule has 2 aromatic carbocycles. The molecule has 2 heterocycles. The van der Waals surface area contributed by atoms with Crippen LogP contribution in [0.3, 0.4) is 0 Å². The Labute approximate surface area is 169 Å². The third-order valence-electron chi connectivity index (χ3n) is 5.44. The summed E-state index contributed by atoms with van der Waals surface area (Å²) in [5.41, 5.74) is 2.70. The zero-order valence-electron chi connectivity index (χ0n) is 16.6. The molecule has 0 atom stereocenters. The first-order valence-corrected chi connectivity index (χ1v) is 10.0. The molecular weight excluding hydrogens is 366 g/mol. The lowest BCUT2D eigenvalue weighted by molar-refractivity contribution is -0.130. The number of fused-ring (bicyclic) bond motifs is 1. The Bertz CT molecular complexity index is 1070. The number of anilines is 1. The summed E-state index contributed by atoms with van der Waals surface area (Å²) in [7, 11) is 1.80. The summed E-state index contributed by atoms with van der Waals surface area (Å²) in [5.74, 6) is -0.0249. The lowest BCUT2D eigenvalue weighted by atomic mass is 10.1. The molecule has 1 fully saturated rings. The van der Waals surface area contributed by atoms with Crippen molar-refractivity contribution in [1.82, 2.24) is 19.9 Å². The van der Waals surface area contributed by atoms with Crippen LogP contribution in [0.25, 0.3) is 10.9 Å².